The van der Waals surface area contributed by atoms with Gasteiger partial charge in [-0.1, -0.05) is 72.8 Å². The molecule has 0 aliphatic carbocycles. The third-order valence-electron chi connectivity index (χ3n) is 3.50. The van der Waals surface area contributed by atoms with Gasteiger partial charge in [-0.25, -0.2) is 0 Å². The molecule has 0 aliphatic rings. The van der Waals surface area contributed by atoms with E-state index in [0.717, 1.165) is 11.3 Å². The van der Waals surface area contributed by atoms with E-state index in [2.05, 4.69) is 48.5 Å². The van der Waals surface area contributed by atoms with Crippen LogP contribution in [0, 0.1) is 0 Å². The molecular formula is C20H19O2P. The van der Waals surface area contributed by atoms with Gasteiger partial charge in [0.2, 0.25) is 0 Å². The van der Waals surface area contributed by atoms with Crippen molar-refractivity contribution in [3.05, 3.63) is 90.5 Å². The zero-order valence-corrected chi connectivity index (χ0v) is 13.9. The van der Waals surface area contributed by atoms with Crippen molar-refractivity contribution >= 4 is 18.8 Å². The topological polar surface area (TPSA) is 18.5 Å². The first-order chi connectivity index (χ1) is 11.4. The lowest BCUT2D eigenvalue weighted by Crippen LogP contribution is -2.13. The Morgan fingerprint density at radius 1 is 0.696 bits per heavy atom. The number of ether oxygens (including phenoxy) is 1. The van der Waals surface area contributed by atoms with Gasteiger partial charge in [0, 0.05) is 10.6 Å². The Labute approximate surface area is 138 Å². The van der Waals surface area contributed by atoms with Gasteiger partial charge in [-0.3, -0.25) is 0 Å². The molecule has 0 heterocycles. The quantitative estimate of drug-likeness (QED) is 0.631. The monoisotopic (exact) mass is 322 g/mol. The molecule has 0 atom stereocenters. The van der Waals surface area contributed by atoms with Crippen molar-refractivity contribution in [3.63, 3.8) is 0 Å². The van der Waals surface area contributed by atoms with Gasteiger partial charge in [-0.2, -0.15) is 0 Å². The van der Waals surface area contributed by atoms with Crippen molar-refractivity contribution in [1.29, 1.82) is 0 Å². The first-order valence-electron chi connectivity index (χ1n) is 7.53. The van der Waals surface area contributed by atoms with Crippen molar-refractivity contribution in [2.75, 3.05) is 7.11 Å². The van der Waals surface area contributed by atoms with Crippen LogP contribution in [0.1, 0.15) is 5.56 Å². The highest BCUT2D eigenvalue weighted by Crippen LogP contribution is 2.36. The lowest BCUT2D eigenvalue weighted by Gasteiger charge is -2.18. The van der Waals surface area contributed by atoms with Crippen molar-refractivity contribution in [3.8, 4) is 5.75 Å². The molecule has 23 heavy (non-hydrogen) atoms. The molecule has 3 aromatic carbocycles. The lowest BCUT2D eigenvalue weighted by atomic mass is 10.2. The number of hydrogen-bond acceptors (Lipinski definition) is 2. The SMILES string of the molecule is COc1ccc(COP(c2ccccc2)c2ccccc2)cc1. The molecule has 0 radical (unpaired) electrons. The van der Waals surface area contributed by atoms with Gasteiger partial charge in [0.25, 0.3) is 0 Å². The summed E-state index contributed by atoms with van der Waals surface area (Å²) in [7, 11) is 0.859. The molecular weight excluding hydrogens is 303 g/mol. The second-order valence-electron chi connectivity index (χ2n) is 5.09. The molecule has 0 saturated heterocycles. The Morgan fingerprint density at radius 2 is 1.22 bits per heavy atom. The van der Waals surface area contributed by atoms with Crippen molar-refractivity contribution in [2.24, 2.45) is 0 Å². The molecule has 2 nitrogen and oxygen atoms in total. The van der Waals surface area contributed by atoms with Gasteiger partial charge >= 0.3 is 0 Å². The van der Waals surface area contributed by atoms with Gasteiger partial charge < -0.3 is 9.26 Å². The number of methoxy groups -OCH3 is 1. The molecule has 116 valence electrons. The molecule has 3 aromatic rings. The van der Waals surface area contributed by atoms with Gasteiger partial charge in [-0.05, 0) is 17.7 Å². The molecule has 0 aromatic heterocycles. The van der Waals surface area contributed by atoms with Crippen molar-refractivity contribution in [1.82, 2.24) is 0 Å². The zero-order chi connectivity index (χ0) is 15.9. The van der Waals surface area contributed by atoms with E-state index in [1.54, 1.807) is 7.11 Å². The fourth-order valence-corrected chi connectivity index (χ4v) is 4.05. The highest BCUT2D eigenvalue weighted by atomic mass is 31.1. The van der Waals surface area contributed by atoms with Crippen LogP contribution >= 0.6 is 8.15 Å². The lowest BCUT2D eigenvalue weighted by molar-refractivity contribution is 0.350. The Kier molecular flexibility index (Phi) is 5.42. The number of benzene rings is 3. The summed E-state index contributed by atoms with van der Waals surface area (Å²) < 4.78 is 11.5. The summed E-state index contributed by atoms with van der Waals surface area (Å²) in [5.41, 5.74) is 1.14. The summed E-state index contributed by atoms with van der Waals surface area (Å²) in [6, 6.07) is 28.8. The maximum atomic E-state index is 6.30. The largest absolute Gasteiger partial charge is 0.497 e. The molecule has 0 N–H and O–H groups in total. The van der Waals surface area contributed by atoms with Crippen LogP contribution in [0.2, 0.25) is 0 Å². The number of hydrogen-bond donors (Lipinski definition) is 0. The first kappa shape index (κ1) is 15.7. The van der Waals surface area contributed by atoms with E-state index in [0.29, 0.717) is 6.61 Å². The van der Waals surface area contributed by atoms with E-state index in [9.17, 15) is 0 Å². The van der Waals surface area contributed by atoms with E-state index >= 15 is 0 Å². The minimum absolute atomic E-state index is 0.583. The van der Waals surface area contributed by atoms with Crippen LogP contribution in [-0.4, -0.2) is 7.11 Å². The summed E-state index contributed by atoms with van der Waals surface area (Å²) in [6.45, 7) is 0.583. The van der Waals surface area contributed by atoms with Gasteiger partial charge in [0.15, 0.2) is 0 Å². The second-order valence-corrected chi connectivity index (χ2v) is 6.97. The Balaban J connectivity index is 1.79. The fraction of sp³-hybridized carbons (Fsp3) is 0.100. The second kappa shape index (κ2) is 7.92. The Hall–Kier alpha value is -2.15. The highest BCUT2D eigenvalue weighted by molar-refractivity contribution is 7.68. The maximum absolute atomic E-state index is 6.30. The third kappa shape index (κ3) is 4.19. The van der Waals surface area contributed by atoms with E-state index < -0.39 is 8.15 Å². The van der Waals surface area contributed by atoms with E-state index in [1.807, 2.05) is 36.4 Å². The van der Waals surface area contributed by atoms with Crippen LogP contribution in [0.3, 0.4) is 0 Å². The molecule has 3 heteroatoms. The van der Waals surface area contributed by atoms with Crippen molar-refractivity contribution in [2.45, 2.75) is 6.61 Å². The molecule has 0 spiro atoms. The van der Waals surface area contributed by atoms with E-state index in [4.69, 9.17) is 9.26 Å². The number of rotatable bonds is 6. The summed E-state index contributed by atoms with van der Waals surface area (Å²) in [5, 5.41) is 2.45. The van der Waals surface area contributed by atoms with Crippen molar-refractivity contribution < 1.29 is 9.26 Å². The molecule has 0 aliphatic heterocycles. The molecule has 3 rings (SSSR count). The normalized spacial score (nSPS) is 10.7. The summed E-state index contributed by atoms with van der Waals surface area (Å²) in [5.74, 6) is 0.863. The summed E-state index contributed by atoms with van der Waals surface area (Å²) in [4.78, 5) is 0. The van der Waals surface area contributed by atoms with Gasteiger partial charge in [0.05, 0.1) is 21.9 Å². The predicted molar refractivity (Wildman–Crippen MR) is 96.9 cm³/mol. The average Bonchev–Trinajstić information content (AvgIpc) is 2.64. The van der Waals surface area contributed by atoms with Gasteiger partial charge in [0.1, 0.15) is 5.75 Å². The standard InChI is InChI=1S/C20H19O2P/c1-21-18-14-12-17(13-15-18)16-22-23(19-8-4-2-5-9-19)20-10-6-3-7-11-20/h2-15H,16H2,1H3. The van der Waals surface area contributed by atoms with Crippen LogP contribution < -0.4 is 15.3 Å². The predicted octanol–water partition coefficient (Wildman–Crippen LogP) is 4.26. The summed E-state index contributed by atoms with van der Waals surface area (Å²) >= 11 is 0. The van der Waals surface area contributed by atoms with E-state index in [1.165, 1.54) is 10.6 Å². The zero-order valence-electron chi connectivity index (χ0n) is 13.1. The third-order valence-corrected chi connectivity index (χ3v) is 5.42. The molecule has 0 fully saturated rings. The fourth-order valence-electron chi connectivity index (χ4n) is 2.29. The first-order valence-corrected chi connectivity index (χ1v) is 8.79. The Morgan fingerprint density at radius 3 is 1.70 bits per heavy atom. The van der Waals surface area contributed by atoms with E-state index in [-0.39, 0.29) is 0 Å². The minimum atomic E-state index is -0.817. The molecule has 0 unspecified atom stereocenters. The van der Waals surface area contributed by atoms with Gasteiger partial charge in [-0.15, -0.1) is 0 Å². The maximum Gasteiger partial charge on any atom is 0.118 e. The van der Waals surface area contributed by atoms with Crippen LogP contribution in [-0.2, 0) is 11.1 Å². The van der Waals surface area contributed by atoms with Crippen LogP contribution in [0.5, 0.6) is 5.75 Å². The average molecular weight is 322 g/mol. The Bertz CT molecular complexity index is 672. The minimum Gasteiger partial charge on any atom is -0.497 e. The molecule has 0 saturated carbocycles. The molecule has 0 amide bonds. The van der Waals surface area contributed by atoms with Crippen LogP contribution in [0.15, 0.2) is 84.9 Å². The highest BCUT2D eigenvalue weighted by Gasteiger charge is 2.14. The molecule has 0 bridgehead atoms. The summed E-state index contributed by atoms with van der Waals surface area (Å²) in [6.07, 6.45) is 0. The van der Waals surface area contributed by atoms with Crippen LogP contribution in [0.25, 0.3) is 0 Å². The smallest absolute Gasteiger partial charge is 0.118 e. The van der Waals surface area contributed by atoms with Crippen LogP contribution in [0.4, 0.5) is 0 Å².